The van der Waals surface area contributed by atoms with Crippen molar-refractivity contribution >= 4 is 22.5 Å². The van der Waals surface area contributed by atoms with Gasteiger partial charge in [0.15, 0.2) is 0 Å². The van der Waals surface area contributed by atoms with E-state index in [4.69, 9.17) is 4.74 Å². The highest BCUT2D eigenvalue weighted by molar-refractivity contribution is 8.45. The number of carbonyl (C=O) groups excluding carboxylic acids is 2. The molecule has 0 atom stereocenters. The van der Waals surface area contributed by atoms with E-state index >= 15 is 0 Å². The van der Waals surface area contributed by atoms with Crippen molar-refractivity contribution in [3.8, 4) is 5.75 Å². The highest BCUT2D eigenvalue weighted by Gasteiger charge is 2.65. The molecule has 2 rings (SSSR count). The van der Waals surface area contributed by atoms with Crippen LogP contribution in [0, 0.1) is 0 Å². The minimum atomic E-state index is -9.77. The Morgan fingerprint density at radius 1 is 0.870 bits per heavy atom. The van der Waals surface area contributed by atoms with E-state index in [1.807, 2.05) is 0 Å². The van der Waals surface area contributed by atoms with Gasteiger partial charge in [0, 0.05) is 5.56 Å². The smallest absolute Gasteiger partial charge is 0.343 e. The molecule has 0 aliphatic carbocycles. The van der Waals surface area contributed by atoms with E-state index in [0.29, 0.717) is 24.0 Å². The molecule has 0 radical (unpaired) electrons. The van der Waals surface area contributed by atoms with Crippen molar-refractivity contribution in [2.45, 2.75) is 4.90 Å². The van der Waals surface area contributed by atoms with Crippen molar-refractivity contribution in [3.05, 3.63) is 59.7 Å². The standard InChI is InChI=1S/C14H9F5O3S/c15-23(16,17,18,19)13-7-3-11(4-8-13)14(21)22-12-5-1-10(9-20)2-6-12/h1-9H. The number of benzene rings is 2. The van der Waals surface area contributed by atoms with Crippen LogP contribution in [0.4, 0.5) is 19.4 Å². The summed E-state index contributed by atoms with van der Waals surface area (Å²) in [6, 6.07) is 6.83. The van der Waals surface area contributed by atoms with Gasteiger partial charge in [0.25, 0.3) is 0 Å². The molecular weight excluding hydrogens is 343 g/mol. The van der Waals surface area contributed by atoms with Crippen LogP contribution in [0.25, 0.3) is 0 Å². The third kappa shape index (κ3) is 4.28. The summed E-state index contributed by atoms with van der Waals surface area (Å²) in [4.78, 5) is 20.1. The van der Waals surface area contributed by atoms with Crippen molar-refractivity contribution in [3.63, 3.8) is 0 Å². The van der Waals surface area contributed by atoms with Crippen LogP contribution in [0.3, 0.4) is 0 Å². The molecule has 0 spiro atoms. The number of aldehydes is 1. The van der Waals surface area contributed by atoms with Crippen molar-refractivity contribution in [1.29, 1.82) is 0 Å². The first-order valence-electron chi connectivity index (χ1n) is 6.01. The van der Waals surface area contributed by atoms with Crippen LogP contribution >= 0.6 is 10.2 Å². The van der Waals surface area contributed by atoms with Crippen LogP contribution in [0.1, 0.15) is 20.7 Å². The second kappa shape index (κ2) is 4.79. The molecule has 0 N–H and O–H groups in total. The molecule has 0 aromatic heterocycles. The van der Waals surface area contributed by atoms with Gasteiger partial charge in [0.1, 0.15) is 16.9 Å². The summed E-state index contributed by atoms with van der Waals surface area (Å²) in [6.45, 7) is 0. The second-order valence-corrected chi connectivity index (χ2v) is 6.98. The average Bonchev–Trinajstić information content (AvgIpc) is 2.46. The van der Waals surface area contributed by atoms with Crippen LogP contribution < -0.4 is 4.74 Å². The number of esters is 1. The van der Waals surface area contributed by atoms with E-state index in [-0.39, 0.29) is 23.4 Å². The lowest BCUT2D eigenvalue weighted by Gasteiger charge is -2.40. The molecule has 124 valence electrons. The minimum absolute atomic E-state index is 0.0531. The second-order valence-electron chi connectivity index (χ2n) is 4.57. The first-order valence-corrected chi connectivity index (χ1v) is 7.96. The van der Waals surface area contributed by atoms with Gasteiger partial charge in [-0.15, -0.1) is 0 Å². The Bertz CT molecular complexity index is 752. The third-order valence-corrected chi connectivity index (χ3v) is 3.93. The first-order chi connectivity index (χ1) is 10.4. The van der Waals surface area contributed by atoms with Gasteiger partial charge in [-0.05, 0) is 48.5 Å². The summed E-state index contributed by atoms with van der Waals surface area (Å²) in [5.74, 6) is -0.963. The van der Waals surface area contributed by atoms with E-state index in [0.717, 1.165) is 0 Å². The number of rotatable bonds is 4. The van der Waals surface area contributed by atoms with Gasteiger partial charge >= 0.3 is 16.2 Å². The normalized spacial score (nSPS) is 14.5. The van der Waals surface area contributed by atoms with Crippen molar-refractivity contribution < 1.29 is 33.8 Å². The maximum atomic E-state index is 12.6. The van der Waals surface area contributed by atoms with E-state index in [1.54, 1.807) is 0 Å². The third-order valence-electron chi connectivity index (χ3n) is 2.76. The highest BCUT2D eigenvalue weighted by Crippen LogP contribution is 3.02. The quantitative estimate of drug-likeness (QED) is 0.321. The van der Waals surface area contributed by atoms with E-state index in [1.165, 1.54) is 24.3 Å². The van der Waals surface area contributed by atoms with Crippen LogP contribution in [0.15, 0.2) is 53.4 Å². The summed E-state index contributed by atoms with van der Waals surface area (Å²) in [5.41, 5.74) is 0.0140. The summed E-state index contributed by atoms with van der Waals surface area (Å²) in [6.07, 6.45) is 0.574. The van der Waals surface area contributed by atoms with Gasteiger partial charge in [-0.2, -0.15) is 0 Å². The molecule has 2 aromatic carbocycles. The number of ether oxygens (including phenoxy) is 1. The lowest BCUT2D eigenvalue weighted by Crippen LogP contribution is -2.10. The Labute approximate surface area is 127 Å². The predicted molar refractivity (Wildman–Crippen MR) is 74.6 cm³/mol. The van der Waals surface area contributed by atoms with Crippen LogP contribution in [0.2, 0.25) is 0 Å². The van der Waals surface area contributed by atoms with E-state index < -0.39 is 21.1 Å². The summed E-state index contributed by atoms with van der Waals surface area (Å²) in [7, 11) is -9.77. The Balaban J connectivity index is 2.19. The molecule has 0 saturated carbocycles. The summed E-state index contributed by atoms with van der Waals surface area (Å²) >= 11 is 0. The molecule has 0 fully saturated rings. The fourth-order valence-corrected chi connectivity index (χ4v) is 2.28. The fraction of sp³-hybridized carbons (Fsp3) is 0. The molecule has 9 heteroatoms. The van der Waals surface area contributed by atoms with Crippen molar-refractivity contribution in [2.75, 3.05) is 0 Å². The SMILES string of the molecule is O=Cc1ccc(OC(=O)c2ccc(S(F)(F)(F)(F)F)cc2)cc1. The average molecular weight is 352 g/mol. The lowest BCUT2D eigenvalue weighted by atomic mass is 10.2. The first kappa shape index (κ1) is 16.9. The minimum Gasteiger partial charge on any atom is -0.423 e. The van der Waals surface area contributed by atoms with E-state index in [9.17, 15) is 29.0 Å². The predicted octanol–water partition coefficient (Wildman–Crippen LogP) is 5.38. The lowest BCUT2D eigenvalue weighted by molar-refractivity contribution is 0.0734. The number of carbonyl (C=O) groups is 2. The molecule has 0 aliphatic rings. The maximum absolute atomic E-state index is 12.6. The summed E-state index contributed by atoms with van der Waals surface area (Å²) in [5, 5.41) is 0. The van der Waals surface area contributed by atoms with Crippen molar-refractivity contribution in [2.24, 2.45) is 0 Å². The zero-order valence-electron chi connectivity index (χ0n) is 11.2. The van der Waals surface area contributed by atoms with Crippen LogP contribution in [-0.2, 0) is 0 Å². The Hall–Kier alpha value is -2.42. The van der Waals surface area contributed by atoms with Gasteiger partial charge in [0.2, 0.25) is 0 Å². The Kier molecular flexibility index (Phi) is 3.53. The molecular formula is C14H9F5O3S. The zero-order chi connectivity index (χ0) is 17.4. The monoisotopic (exact) mass is 352 g/mol. The molecule has 2 aromatic rings. The largest absolute Gasteiger partial charge is 0.423 e. The maximum Gasteiger partial charge on any atom is 0.343 e. The number of hydrogen-bond donors (Lipinski definition) is 0. The van der Waals surface area contributed by atoms with Crippen molar-refractivity contribution in [1.82, 2.24) is 0 Å². The number of hydrogen-bond acceptors (Lipinski definition) is 3. The van der Waals surface area contributed by atoms with Crippen LogP contribution in [0.5, 0.6) is 5.75 Å². The fourth-order valence-electron chi connectivity index (χ4n) is 1.63. The molecule has 0 unspecified atom stereocenters. The summed E-state index contributed by atoms with van der Waals surface area (Å²) < 4.78 is 67.6. The molecule has 23 heavy (non-hydrogen) atoms. The number of halogens is 5. The molecule has 0 saturated heterocycles. The molecule has 0 amide bonds. The topological polar surface area (TPSA) is 43.4 Å². The molecule has 0 heterocycles. The highest BCUT2D eigenvalue weighted by atomic mass is 32.5. The zero-order valence-corrected chi connectivity index (χ0v) is 12.0. The van der Waals surface area contributed by atoms with Gasteiger partial charge in [-0.1, -0.05) is 19.4 Å². The van der Waals surface area contributed by atoms with Gasteiger partial charge in [-0.3, -0.25) is 4.79 Å². The molecule has 0 aliphatic heterocycles. The van der Waals surface area contributed by atoms with Crippen LogP contribution in [-0.4, -0.2) is 12.3 Å². The van der Waals surface area contributed by atoms with Gasteiger partial charge in [-0.25, -0.2) is 4.79 Å². The van der Waals surface area contributed by atoms with Gasteiger partial charge in [0.05, 0.1) is 5.56 Å². The Morgan fingerprint density at radius 3 is 1.83 bits per heavy atom. The van der Waals surface area contributed by atoms with Gasteiger partial charge < -0.3 is 4.74 Å². The molecule has 0 bridgehead atoms. The Morgan fingerprint density at radius 2 is 1.39 bits per heavy atom. The molecule has 3 nitrogen and oxygen atoms in total. The van der Waals surface area contributed by atoms with E-state index in [2.05, 4.69) is 0 Å².